The molecule has 0 aromatic heterocycles. The predicted octanol–water partition coefficient (Wildman–Crippen LogP) is 0.595. The van der Waals surface area contributed by atoms with Crippen molar-refractivity contribution in [1.82, 2.24) is 0 Å². The first kappa shape index (κ1) is 11.3. The van der Waals surface area contributed by atoms with Gasteiger partial charge in [0.05, 0.1) is 5.56 Å². The van der Waals surface area contributed by atoms with Gasteiger partial charge in [0.15, 0.2) is 0 Å². The summed E-state index contributed by atoms with van der Waals surface area (Å²) in [4.78, 5) is 13.2. The predicted molar refractivity (Wildman–Crippen MR) is 65.1 cm³/mol. The highest BCUT2D eigenvalue weighted by molar-refractivity contribution is 5.84. The third kappa shape index (κ3) is 2.02. The van der Waals surface area contributed by atoms with Crippen molar-refractivity contribution in [2.45, 2.75) is 18.9 Å². The van der Waals surface area contributed by atoms with Crippen LogP contribution in [0.15, 0.2) is 18.2 Å². The Morgan fingerprint density at radius 2 is 2.29 bits per heavy atom. The van der Waals surface area contributed by atoms with Gasteiger partial charge in [-0.1, -0.05) is 0 Å². The highest BCUT2D eigenvalue weighted by Gasteiger charge is 2.29. The van der Waals surface area contributed by atoms with Gasteiger partial charge in [-0.25, -0.2) is 0 Å². The van der Waals surface area contributed by atoms with Crippen LogP contribution in [0.2, 0.25) is 0 Å². The van der Waals surface area contributed by atoms with E-state index in [1.54, 1.807) is 12.1 Å². The molecule has 4 N–H and O–H groups in total. The number of nitriles is 1. The lowest BCUT2D eigenvalue weighted by molar-refractivity contribution is -0.119. The summed E-state index contributed by atoms with van der Waals surface area (Å²) in [5.74, 6) is -0.321. The maximum Gasteiger partial charge on any atom is 0.240 e. The fourth-order valence-electron chi connectivity index (χ4n) is 2.19. The molecule has 1 saturated heterocycles. The number of nitrogens with zero attached hydrogens (tertiary/aromatic N) is 2. The molecule has 1 aromatic rings. The Labute approximate surface area is 99.6 Å². The second-order valence-electron chi connectivity index (χ2n) is 4.14. The zero-order valence-electron chi connectivity index (χ0n) is 9.39. The third-order valence-corrected chi connectivity index (χ3v) is 3.07. The summed E-state index contributed by atoms with van der Waals surface area (Å²) < 4.78 is 0. The molecule has 17 heavy (non-hydrogen) atoms. The molecule has 1 aliphatic heterocycles. The zero-order valence-corrected chi connectivity index (χ0v) is 9.39. The van der Waals surface area contributed by atoms with Gasteiger partial charge < -0.3 is 16.4 Å². The van der Waals surface area contributed by atoms with Crippen LogP contribution in [-0.4, -0.2) is 18.5 Å². The van der Waals surface area contributed by atoms with Crippen molar-refractivity contribution in [2.75, 3.05) is 17.2 Å². The van der Waals surface area contributed by atoms with Gasteiger partial charge in [-0.3, -0.25) is 4.79 Å². The monoisotopic (exact) mass is 230 g/mol. The van der Waals surface area contributed by atoms with E-state index >= 15 is 0 Å². The van der Waals surface area contributed by atoms with Crippen molar-refractivity contribution in [3.05, 3.63) is 23.8 Å². The van der Waals surface area contributed by atoms with Gasteiger partial charge in [0.1, 0.15) is 12.1 Å². The number of anilines is 2. The van der Waals surface area contributed by atoms with Crippen molar-refractivity contribution in [3.8, 4) is 6.07 Å². The van der Waals surface area contributed by atoms with E-state index in [9.17, 15) is 4.79 Å². The number of hydrogen-bond acceptors (Lipinski definition) is 4. The number of nitrogens with two attached hydrogens (primary N) is 2. The van der Waals surface area contributed by atoms with E-state index in [4.69, 9.17) is 16.7 Å². The maximum absolute atomic E-state index is 11.3. The first-order valence-electron chi connectivity index (χ1n) is 5.49. The second-order valence-corrected chi connectivity index (χ2v) is 4.14. The number of primary amides is 1. The molecule has 0 bridgehead atoms. The Hall–Kier alpha value is -2.22. The molecule has 1 atom stereocenters. The highest BCUT2D eigenvalue weighted by Crippen LogP contribution is 2.27. The molecule has 0 aliphatic carbocycles. The summed E-state index contributed by atoms with van der Waals surface area (Å²) >= 11 is 0. The first-order valence-corrected chi connectivity index (χ1v) is 5.49. The molecule has 5 nitrogen and oxygen atoms in total. The average Bonchev–Trinajstić information content (AvgIpc) is 2.78. The molecule has 88 valence electrons. The molecule has 1 aliphatic rings. The molecule has 0 saturated carbocycles. The minimum atomic E-state index is -0.321. The number of nitrogen functional groups attached to an aromatic ring is 1. The number of benzene rings is 1. The smallest absolute Gasteiger partial charge is 0.240 e. The van der Waals surface area contributed by atoms with Gasteiger partial charge in [0.25, 0.3) is 0 Å². The molecular weight excluding hydrogens is 216 g/mol. The minimum absolute atomic E-state index is 0.273. The molecule has 0 unspecified atom stereocenters. The van der Waals surface area contributed by atoms with Crippen LogP contribution in [0, 0.1) is 11.3 Å². The van der Waals surface area contributed by atoms with E-state index in [2.05, 4.69) is 0 Å². The van der Waals surface area contributed by atoms with Crippen LogP contribution in [0.4, 0.5) is 11.4 Å². The van der Waals surface area contributed by atoms with E-state index < -0.39 is 0 Å². The normalized spacial score (nSPS) is 19.0. The Bertz CT molecular complexity index is 492. The molecule has 1 heterocycles. The van der Waals surface area contributed by atoms with E-state index in [1.165, 1.54) is 0 Å². The van der Waals surface area contributed by atoms with E-state index in [1.807, 2.05) is 17.0 Å². The van der Waals surface area contributed by atoms with Crippen LogP contribution < -0.4 is 16.4 Å². The Kier molecular flexibility index (Phi) is 2.88. The van der Waals surface area contributed by atoms with Crippen LogP contribution in [0.1, 0.15) is 18.4 Å². The summed E-state index contributed by atoms with van der Waals surface area (Å²) in [6.07, 6.45) is 1.70. The Morgan fingerprint density at radius 3 is 2.94 bits per heavy atom. The van der Waals surface area contributed by atoms with Gasteiger partial charge in [-0.15, -0.1) is 0 Å². The summed E-state index contributed by atoms with van der Waals surface area (Å²) in [7, 11) is 0. The van der Waals surface area contributed by atoms with Crippen molar-refractivity contribution in [2.24, 2.45) is 5.73 Å². The largest absolute Gasteiger partial charge is 0.398 e. The average molecular weight is 230 g/mol. The summed E-state index contributed by atoms with van der Waals surface area (Å²) in [5, 5.41) is 8.92. The lowest BCUT2D eigenvalue weighted by atomic mass is 10.1. The maximum atomic E-state index is 11.3. The molecule has 5 heteroatoms. The third-order valence-electron chi connectivity index (χ3n) is 3.07. The fourth-order valence-corrected chi connectivity index (χ4v) is 2.19. The number of carbonyl (C=O) groups is 1. The number of hydrogen-bond donors (Lipinski definition) is 2. The van der Waals surface area contributed by atoms with Gasteiger partial charge in [-0.2, -0.15) is 5.26 Å². The number of rotatable bonds is 2. The Balaban J connectivity index is 2.34. The highest BCUT2D eigenvalue weighted by atomic mass is 16.1. The molecule has 2 rings (SSSR count). The fraction of sp³-hybridized carbons (Fsp3) is 0.333. The van der Waals surface area contributed by atoms with E-state index in [-0.39, 0.29) is 11.9 Å². The first-order chi connectivity index (χ1) is 8.13. The SMILES string of the molecule is N#Cc1cc(N2CCC[C@@H]2C(N)=O)ccc1N. The van der Waals surface area contributed by atoms with Gasteiger partial charge >= 0.3 is 0 Å². The number of amides is 1. The van der Waals surface area contributed by atoms with E-state index in [0.717, 1.165) is 25.1 Å². The van der Waals surface area contributed by atoms with Crippen molar-refractivity contribution < 1.29 is 4.79 Å². The standard InChI is InChI=1S/C12H14N4O/c13-7-8-6-9(3-4-10(8)14)16-5-1-2-11(16)12(15)17/h3-4,6,11H,1-2,5,14H2,(H2,15,17)/t11-/m1/s1. The summed E-state index contributed by atoms with van der Waals surface area (Å²) in [6, 6.07) is 6.97. The van der Waals surface area contributed by atoms with Crippen LogP contribution in [0.25, 0.3) is 0 Å². The van der Waals surface area contributed by atoms with Crippen LogP contribution >= 0.6 is 0 Å². The van der Waals surface area contributed by atoms with Crippen LogP contribution in [0.3, 0.4) is 0 Å². The van der Waals surface area contributed by atoms with E-state index in [0.29, 0.717) is 11.3 Å². The van der Waals surface area contributed by atoms with Crippen LogP contribution in [-0.2, 0) is 4.79 Å². The lowest BCUT2D eigenvalue weighted by Crippen LogP contribution is -2.40. The summed E-state index contributed by atoms with van der Waals surface area (Å²) in [5.41, 5.74) is 12.7. The molecule has 1 fully saturated rings. The lowest BCUT2D eigenvalue weighted by Gasteiger charge is -2.24. The van der Waals surface area contributed by atoms with Crippen LogP contribution in [0.5, 0.6) is 0 Å². The minimum Gasteiger partial charge on any atom is -0.398 e. The van der Waals surface area contributed by atoms with Crippen molar-refractivity contribution in [3.63, 3.8) is 0 Å². The molecule has 0 spiro atoms. The molecule has 0 radical (unpaired) electrons. The van der Waals surface area contributed by atoms with Gasteiger partial charge in [0.2, 0.25) is 5.91 Å². The molecule has 1 aromatic carbocycles. The zero-order chi connectivity index (χ0) is 12.4. The van der Waals surface area contributed by atoms with Crippen molar-refractivity contribution in [1.29, 1.82) is 5.26 Å². The number of carbonyl (C=O) groups excluding carboxylic acids is 1. The Morgan fingerprint density at radius 1 is 1.53 bits per heavy atom. The molecular formula is C12H14N4O. The quantitative estimate of drug-likeness (QED) is 0.727. The second kappa shape index (κ2) is 4.34. The van der Waals surface area contributed by atoms with Crippen molar-refractivity contribution >= 4 is 17.3 Å². The molecule has 1 amide bonds. The topological polar surface area (TPSA) is 96.1 Å². The van der Waals surface area contributed by atoms with Gasteiger partial charge in [-0.05, 0) is 31.0 Å². The van der Waals surface area contributed by atoms with Gasteiger partial charge in [0, 0.05) is 17.9 Å². The summed E-state index contributed by atoms with van der Waals surface area (Å²) in [6.45, 7) is 0.780.